The minimum atomic E-state index is 0.430. The predicted octanol–water partition coefficient (Wildman–Crippen LogP) is 5.38. The van der Waals surface area contributed by atoms with Gasteiger partial charge in [0.15, 0.2) is 11.5 Å². The number of benzene rings is 2. The molecule has 1 spiro atoms. The number of aromatic nitrogens is 1. The zero-order valence-electron chi connectivity index (χ0n) is 21.6. The Morgan fingerprint density at radius 1 is 1.11 bits per heavy atom. The highest BCUT2D eigenvalue weighted by Gasteiger charge is 2.43. The van der Waals surface area contributed by atoms with E-state index in [2.05, 4.69) is 46.4 Å². The van der Waals surface area contributed by atoms with Gasteiger partial charge in [0.2, 0.25) is 0 Å². The predicted molar refractivity (Wildman–Crippen MR) is 147 cm³/mol. The lowest BCUT2D eigenvalue weighted by Gasteiger charge is -2.37. The number of allylic oxidation sites excluding steroid dienone is 2. The van der Waals surface area contributed by atoms with Gasteiger partial charge in [-0.25, -0.2) is 0 Å². The standard InChI is InChI=1S/C30H35N3O4/c1-21-14-22-15-23(7-8-25(22)32-21)37-27-6-3-4-10-31-26-17-29(28(34-2)16-24(26)27)36-13-5-11-33-12-9-30(18-33)19-35-20-30/h3-4,6-8,14-17,31-32H,5,9-13,18-20H2,1-2H3. The maximum atomic E-state index is 6.41. The van der Waals surface area contributed by atoms with E-state index in [-0.39, 0.29) is 0 Å². The van der Waals surface area contributed by atoms with E-state index in [1.165, 1.54) is 6.42 Å². The summed E-state index contributed by atoms with van der Waals surface area (Å²) in [5.41, 5.74) is 4.55. The molecule has 7 nitrogen and oxygen atoms in total. The van der Waals surface area contributed by atoms with Crippen molar-refractivity contribution >= 4 is 22.3 Å². The summed E-state index contributed by atoms with van der Waals surface area (Å²) in [4.78, 5) is 5.90. The SMILES string of the molecule is COc1cc2c(cc1OCCCN1CCC3(COC3)C1)NCC=CC=C2Oc1ccc2[nH]c(C)cc2c1. The Labute approximate surface area is 218 Å². The zero-order valence-corrected chi connectivity index (χ0v) is 21.6. The molecule has 2 aromatic carbocycles. The van der Waals surface area contributed by atoms with E-state index in [0.29, 0.717) is 17.8 Å². The Morgan fingerprint density at radius 2 is 2.03 bits per heavy atom. The Balaban J connectivity index is 1.16. The van der Waals surface area contributed by atoms with Crippen LogP contribution in [0.4, 0.5) is 5.69 Å². The Bertz CT molecular complexity index is 1340. The summed E-state index contributed by atoms with van der Waals surface area (Å²) in [5.74, 6) is 2.97. The first kappa shape index (κ1) is 23.9. The number of nitrogens with zero attached hydrogens (tertiary/aromatic N) is 1. The number of aryl methyl sites for hydroxylation is 1. The van der Waals surface area contributed by atoms with Crippen LogP contribution in [0.5, 0.6) is 17.2 Å². The van der Waals surface area contributed by atoms with E-state index < -0.39 is 0 Å². The number of fused-ring (bicyclic) bond motifs is 2. The van der Waals surface area contributed by atoms with Crippen molar-refractivity contribution in [1.82, 2.24) is 9.88 Å². The van der Waals surface area contributed by atoms with Gasteiger partial charge in [0, 0.05) is 59.0 Å². The highest BCUT2D eigenvalue weighted by molar-refractivity contribution is 5.83. The molecule has 0 unspecified atom stereocenters. The maximum Gasteiger partial charge on any atom is 0.163 e. The average Bonchev–Trinajstić information content (AvgIpc) is 3.47. The molecule has 0 saturated carbocycles. The molecule has 0 amide bonds. The second kappa shape index (κ2) is 10.1. The highest BCUT2D eigenvalue weighted by atomic mass is 16.5. The first-order chi connectivity index (χ1) is 18.1. The van der Waals surface area contributed by atoms with Crippen LogP contribution in [0.1, 0.15) is 24.1 Å². The molecule has 2 saturated heterocycles. The van der Waals surface area contributed by atoms with Gasteiger partial charge in [-0.05, 0) is 62.7 Å². The Morgan fingerprint density at radius 3 is 2.84 bits per heavy atom. The third kappa shape index (κ3) is 5.06. The molecule has 1 aromatic heterocycles. The van der Waals surface area contributed by atoms with E-state index in [1.54, 1.807) is 7.11 Å². The molecule has 7 heteroatoms. The lowest BCUT2D eigenvalue weighted by Crippen LogP contribution is -2.44. The molecule has 3 aliphatic rings. The molecule has 0 atom stereocenters. The Hall–Kier alpha value is -3.42. The topological polar surface area (TPSA) is 68.0 Å². The molecule has 37 heavy (non-hydrogen) atoms. The number of methoxy groups -OCH3 is 1. The number of hydrogen-bond acceptors (Lipinski definition) is 6. The number of rotatable bonds is 8. The maximum absolute atomic E-state index is 6.41. The van der Waals surface area contributed by atoms with E-state index >= 15 is 0 Å². The average molecular weight is 502 g/mol. The summed E-state index contributed by atoms with van der Waals surface area (Å²) in [7, 11) is 1.68. The fourth-order valence-electron chi connectivity index (χ4n) is 5.52. The van der Waals surface area contributed by atoms with E-state index in [9.17, 15) is 0 Å². The molecule has 0 aliphatic carbocycles. The van der Waals surface area contributed by atoms with Crippen molar-refractivity contribution < 1.29 is 18.9 Å². The van der Waals surface area contributed by atoms with E-state index in [1.807, 2.05) is 30.4 Å². The number of likely N-dealkylation sites (tertiary alicyclic amines) is 1. The highest BCUT2D eigenvalue weighted by Crippen LogP contribution is 2.39. The monoisotopic (exact) mass is 501 g/mol. The van der Waals surface area contributed by atoms with Crippen molar-refractivity contribution in [3.8, 4) is 17.2 Å². The number of hydrogen-bond donors (Lipinski definition) is 2. The molecule has 4 heterocycles. The lowest BCUT2D eigenvalue weighted by atomic mass is 9.85. The van der Waals surface area contributed by atoms with Crippen molar-refractivity contribution in [3.05, 3.63) is 65.9 Å². The molecule has 2 fully saturated rings. The fraction of sp³-hybridized carbons (Fsp3) is 0.400. The van der Waals surface area contributed by atoms with Crippen LogP contribution in [-0.4, -0.2) is 63.0 Å². The zero-order chi connectivity index (χ0) is 25.2. The number of aromatic amines is 1. The minimum Gasteiger partial charge on any atom is -0.493 e. The lowest BCUT2D eigenvalue weighted by molar-refractivity contribution is -0.105. The summed E-state index contributed by atoms with van der Waals surface area (Å²) in [6.07, 6.45) is 8.32. The normalized spacial score (nSPS) is 18.5. The van der Waals surface area contributed by atoms with Crippen LogP contribution in [0.3, 0.4) is 0 Å². The van der Waals surface area contributed by atoms with Gasteiger partial charge in [-0.2, -0.15) is 0 Å². The summed E-state index contributed by atoms with van der Waals surface area (Å²) in [5, 5.41) is 4.62. The molecule has 2 N–H and O–H groups in total. The molecule has 3 aromatic rings. The van der Waals surface area contributed by atoms with Gasteiger partial charge in [-0.15, -0.1) is 0 Å². The van der Waals surface area contributed by atoms with Crippen molar-refractivity contribution in [3.63, 3.8) is 0 Å². The number of ether oxygens (including phenoxy) is 4. The van der Waals surface area contributed by atoms with Crippen molar-refractivity contribution in [2.45, 2.75) is 19.8 Å². The third-order valence-electron chi connectivity index (χ3n) is 7.53. The molecule has 194 valence electrons. The Kier molecular flexibility index (Phi) is 6.57. The van der Waals surface area contributed by atoms with Crippen LogP contribution in [-0.2, 0) is 4.74 Å². The summed E-state index contributed by atoms with van der Waals surface area (Å²) in [6.45, 7) is 8.63. The van der Waals surface area contributed by atoms with Gasteiger partial charge in [-0.1, -0.05) is 12.2 Å². The van der Waals surface area contributed by atoms with Gasteiger partial charge < -0.3 is 34.1 Å². The number of anilines is 1. The smallest absolute Gasteiger partial charge is 0.163 e. The van der Waals surface area contributed by atoms with Gasteiger partial charge in [0.1, 0.15) is 11.5 Å². The molecule has 6 rings (SSSR count). The second-order valence-corrected chi connectivity index (χ2v) is 10.4. The molecular formula is C30H35N3O4. The first-order valence-corrected chi connectivity index (χ1v) is 13.1. The van der Waals surface area contributed by atoms with Gasteiger partial charge >= 0.3 is 0 Å². The van der Waals surface area contributed by atoms with Gasteiger partial charge in [0.25, 0.3) is 0 Å². The molecule has 0 radical (unpaired) electrons. The van der Waals surface area contributed by atoms with Crippen molar-refractivity contribution in [2.24, 2.45) is 5.41 Å². The quantitative estimate of drug-likeness (QED) is 0.404. The summed E-state index contributed by atoms with van der Waals surface area (Å²) in [6, 6.07) is 12.3. The van der Waals surface area contributed by atoms with Gasteiger partial charge in [0.05, 0.1) is 26.9 Å². The van der Waals surface area contributed by atoms with Crippen molar-refractivity contribution in [1.29, 1.82) is 0 Å². The molecule has 0 bridgehead atoms. The second-order valence-electron chi connectivity index (χ2n) is 10.4. The molecule has 3 aliphatic heterocycles. The number of H-pyrrole nitrogens is 1. The van der Waals surface area contributed by atoms with Gasteiger partial charge in [-0.3, -0.25) is 0 Å². The van der Waals surface area contributed by atoms with Crippen LogP contribution >= 0.6 is 0 Å². The van der Waals surface area contributed by atoms with Crippen LogP contribution in [0.15, 0.2) is 54.6 Å². The largest absolute Gasteiger partial charge is 0.493 e. The molecular weight excluding hydrogens is 466 g/mol. The van der Waals surface area contributed by atoms with Crippen LogP contribution < -0.4 is 19.5 Å². The summed E-state index contributed by atoms with van der Waals surface area (Å²) >= 11 is 0. The van der Waals surface area contributed by atoms with E-state index in [4.69, 9.17) is 18.9 Å². The third-order valence-corrected chi connectivity index (χ3v) is 7.53. The van der Waals surface area contributed by atoms with Crippen molar-refractivity contribution in [2.75, 3.05) is 58.4 Å². The minimum absolute atomic E-state index is 0.430. The van der Waals surface area contributed by atoms with Crippen LogP contribution in [0.25, 0.3) is 16.7 Å². The number of nitrogens with one attached hydrogen (secondary N) is 2. The van der Waals surface area contributed by atoms with E-state index in [0.717, 1.165) is 90.9 Å². The fourth-order valence-corrected chi connectivity index (χ4v) is 5.52. The summed E-state index contributed by atoms with van der Waals surface area (Å²) < 4.78 is 23.8. The first-order valence-electron chi connectivity index (χ1n) is 13.1. The van der Waals surface area contributed by atoms with Crippen LogP contribution in [0.2, 0.25) is 0 Å². The van der Waals surface area contributed by atoms with Crippen LogP contribution in [0, 0.1) is 12.3 Å².